The van der Waals surface area contributed by atoms with E-state index in [9.17, 15) is 14.0 Å². The van der Waals surface area contributed by atoms with Crippen LogP contribution >= 0.6 is 23.2 Å². The fraction of sp³-hybridized carbons (Fsp3) is 0.280. The maximum absolute atomic E-state index is 14.0. The third kappa shape index (κ3) is 5.46. The van der Waals surface area contributed by atoms with Gasteiger partial charge in [0.1, 0.15) is 5.82 Å². The number of anilines is 3. The van der Waals surface area contributed by atoms with E-state index in [4.69, 9.17) is 27.9 Å². The molecule has 2 aromatic carbocycles. The molecular weight excluding hydrogens is 522 g/mol. The Morgan fingerprint density at radius 3 is 2.57 bits per heavy atom. The second kappa shape index (κ2) is 10.9. The number of morpholine rings is 1. The molecule has 2 amide bonds. The molecule has 1 saturated heterocycles. The average Bonchev–Trinajstić information content (AvgIpc) is 2.93. The standard InChI is InChI=1S/C25H23Cl2FN6O3/c26-18-5-6-19(28)22(27)17(18)14-34-8-7-29-23-21(34)13-20(31-32-23)24(35)30-16-3-1-15(2-4-16)25(36)33-9-11-37-12-10-33/h1-6,13H,7-12,14H2,(H,29,32)(H,30,35). The zero-order valence-electron chi connectivity index (χ0n) is 19.6. The number of halogens is 3. The van der Waals surface area contributed by atoms with Crippen LogP contribution in [-0.4, -0.2) is 66.3 Å². The van der Waals surface area contributed by atoms with Gasteiger partial charge < -0.3 is 25.2 Å². The van der Waals surface area contributed by atoms with Crippen molar-refractivity contribution in [1.82, 2.24) is 15.1 Å². The molecule has 0 aliphatic carbocycles. The summed E-state index contributed by atoms with van der Waals surface area (Å²) in [6, 6.07) is 11.0. The summed E-state index contributed by atoms with van der Waals surface area (Å²) < 4.78 is 19.3. The quantitative estimate of drug-likeness (QED) is 0.467. The molecule has 0 unspecified atom stereocenters. The van der Waals surface area contributed by atoms with Crippen LogP contribution in [-0.2, 0) is 11.3 Å². The van der Waals surface area contributed by atoms with Crippen LogP contribution in [0.1, 0.15) is 26.4 Å². The van der Waals surface area contributed by atoms with Gasteiger partial charge in [-0.1, -0.05) is 23.2 Å². The minimum atomic E-state index is -0.554. The Balaban J connectivity index is 1.31. The first-order chi connectivity index (χ1) is 17.9. The minimum Gasteiger partial charge on any atom is -0.378 e. The van der Waals surface area contributed by atoms with Crippen LogP contribution < -0.4 is 15.5 Å². The van der Waals surface area contributed by atoms with Crippen LogP contribution in [0.5, 0.6) is 0 Å². The van der Waals surface area contributed by atoms with E-state index in [1.807, 2.05) is 4.90 Å². The third-order valence-electron chi connectivity index (χ3n) is 6.20. The summed E-state index contributed by atoms with van der Waals surface area (Å²) >= 11 is 12.4. The van der Waals surface area contributed by atoms with E-state index in [0.717, 1.165) is 0 Å². The van der Waals surface area contributed by atoms with Crippen molar-refractivity contribution in [3.63, 3.8) is 0 Å². The van der Waals surface area contributed by atoms with Crippen molar-refractivity contribution in [2.24, 2.45) is 0 Å². The molecule has 0 spiro atoms. The molecule has 12 heteroatoms. The molecular formula is C25H23Cl2FN6O3. The van der Waals surface area contributed by atoms with E-state index < -0.39 is 11.7 Å². The van der Waals surface area contributed by atoms with E-state index in [1.54, 1.807) is 35.2 Å². The van der Waals surface area contributed by atoms with E-state index in [0.29, 0.717) is 72.7 Å². The van der Waals surface area contributed by atoms with E-state index in [1.165, 1.54) is 12.1 Å². The van der Waals surface area contributed by atoms with Crippen LogP contribution in [0.4, 0.5) is 21.6 Å². The highest BCUT2D eigenvalue weighted by Gasteiger charge is 2.24. The predicted molar refractivity (Wildman–Crippen MR) is 139 cm³/mol. The fourth-order valence-electron chi connectivity index (χ4n) is 4.20. The zero-order chi connectivity index (χ0) is 25.9. The van der Waals surface area contributed by atoms with Gasteiger partial charge in [0.25, 0.3) is 11.8 Å². The summed E-state index contributed by atoms with van der Waals surface area (Å²) in [6.07, 6.45) is 0. The van der Waals surface area contributed by atoms with E-state index in [2.05, 4.69) is 20.8 Å². The molecule has 0 saturated carbocycles. The van der Waals surface area contributed by atoms with Crippen LogP contribution in [0, 0.1) is 5.82 Å². The molecule has 5 rings (SSSR count). The Labute approximate surface area is 222 Å². The second-order valence-electron chi connectivity index (χ2n) is 8.57. The maximum Gasteiger partial charge on any atom is 0.276 e. The Hall–Kier alpha value is -3.47. The van der Waals surface area contributed by atoms with E-state index >= 15 is 0 Å². The van der Waals surface area contributed by atoms with Crippen molar-refractivity contribution in [3.05, 3.63) is 75.1 Å². The van der Waals surface area contributed by atoms with Crippen molar-refractivity contribution in [2.45, 2.75) is 6.54 Å². The normalized spacial score (nSPS) is 15.1. The number of nitrogens with zero attached hydrogens (tertiary/aromatic N) is 4. The zero-order valence-corrected chi connectivity index (χ0v) is 21.2. The molecule has 2 aliphatic rings. The lowest BCUT2D eigenvalue weighted by Crippen LogP contribution is -2.40. The van der Waals surface area contributed by atoms with Crippen LogP contribution in [0.2, 0.25) is 10.0 Å². The Bertz CT molecular complexity index is 1330. The maximum atomic E-state index is 14.0. The number of benzene rings is 2. The SMILES string of the molecule is O=C(Nc1ccc(C(=O)N2CCOCC2)cc1)c1cc2c(nn1)NCCN2Cc1c(Cl)ccc(F)c1Cl. The lowest BCUT2D eigenvalue weighted by atomic mass is 10.1. The van der Waals surface area contributed by atoms with Crippen LogP contribution in [0.25, 0.3) is 0 Å². The van der Waals surface area contributed by atoms with Gasteiger partial charge in [-0.3, -0.25) is 9.59 Å². The van der Waals surface area contributed by atoms with Crippen LogP contribution in [0.15, 0.2) is 42.5 Å². The second-order valence-corrected chi connectivity index (χ2v) is 9.35. The monoisotopic (exact) mass is 544 g/mol. The fourth-order valence-corrected chi connectivity index (χ4v) is 4.69. The van der Waals surface area contributed by atoms with Gasteiger partial charge in [-0.25, -0.2) is 4.39 Å². The molecule has 1 fully saturated rings. The number of carbonyl (C=O) groups excluding carboxylic acids is 2. The molecule has 3 heterocycles. The van der Waals surface area contributed by atoms with Crippen molar-refractivity contribution < 1.29 is 18.7 Å². The van der Waals surface area contributed by atoms with Gasteiger partial charge in [-0.15, -0.1) is 10.2 Å². The van der Waals surface area contributed by atoms with Gasteiger partial charge in [-0.2, -0.15) is 0 Å². The van der Waals surface area contributed by atoms with Crippen molar-refractivity contribution in [2.75, 3.05) is 54.9 Å². The van der Waals surface area contributed by atoms with Crippen molar-refractivity contribution in [3.8, 4) is 0 Å². The lowest BCUT2D eigenvalue weighted by molar-refractivity contribution is 0.0303. The number of hydrogen-bond acceptors (Lipinski definition) is 7. The summed E-state index contributed by atoms with van der Waals surface area (Å²) in [5.74, 6) is -0.595. The number of ether oxygens (including phenoxy) is 1. The first kappa shape index (κ1) is 25.2. The third-order valence-corrected chi connectivity index (χ3v) is 6.96. The molecule has 0 atom stereocenters. The van der Waals surface area contributed by atoms with Gasteiger partial charge in [-0.05, 0) is 42.5 Å². The number of rotatable bonds is 5. The summed E-state index contributed by atoms with van der Waals surface area (Å²) in [5.41, 5.74) is 2.21. The first-order valence-electron chi connectivity index (χ1n) is 11.7. The average molecular weight is 545 g/mol. The minimum absolute atomic E-state index is 0.0388. The van der Waals surface area contributed by atoms with E-state index in [-0.39, 0.29) is 23.2 Å². The Morgan fingerprint density at radius 2 is 1.81 bits per heavy atom. The largest absolute Gasteiger partial charge is 0.378 e. The number of nitrogens with one attached hydrogen (secondary N) is 2. The molecule has 2 N–H and O–H groups in total. The number of carbonyl (C=O) groups is 2. The topological polar surface area (TPSA) is 99.7 Å². The molecule has 37 heavy (non-hydrogen) atoms. The highest BCUT2D eigenvalue weighted by atomic mass is 35.5. The predicted octanol–water partition coefficient (Wildman–Crippen LogP) is 4.08. The Morgan fingerprint density at radius 1 is 1.05 bits per heavy atom. The lowest BCUT2D eigenvalue weighted by Gasteiger charge is -2.31. The number of aromatic nitrogens is 2. The molecule has 1 aromatic heterocycles. The van der Waals surface area contributed by atoms with Gasteiger partial charge in [0.05, 0.1) is 23.9 Å². The van der Waals surface area contributed by atoms with Crippen LogP contribution in [0.3, 0.4) is 0 Å². The van der Waals surface area contributed by atoms with Gasteiger partial charge in [0.2, 0.25) is 0 Å². The number of hydrogen-bond donors (Lipinski definition) is 2. The first-order valence-corrected chi connectivity index (χ1v) is 12.4. The van der Waals surface area contributed by atoms with Crippen molar-refractivity contribution >= 4 is 52.2 Å². The summed E-state index contributed by atoms with van der Waals surface area (Å²) in [7, 11) is 0. The van der Waals surface area contributed by atoms with Gasteiger partial charge in [0.15, 0.2) is 11.5 Å². The van der Waals surface area contributed by atoms with Crippen molar-refractivity contribution in [1.29, 1.82) is 0 Å². The molecule has 0 radical (unpaired) electrons. The highest BCUT2D eigenvalue weighted by molar-refractivity contribution is 6.36. The molecule has 3 aromatic rings. The number of amides is 2. The summed E-state index contributed by atoms with van der Waals surface area (Å²) in [6.45, 7) is 3.52. The smallest absolute Gasteiger partial charge is 0.276 e. The van der Waals surface area contributed by atoms with Gasteiger partial charge >= 0.3 is 0 Å². The summed E-state index contributed by atoms with van der Waals surface area (Å²) in [5, 5.41) is 14.5. The number of fused-ring (bicyclic) bond motifs is 1. The molecule has 0 bridgehead atoms. The van der Waals surface area contributed by atoms with Gasteiger partial charge in [0, 0.05) is 54.6 Å². The Kier molecular flexibility index (Phi) is 7.40. The molecule has 2 aliphatic heterocycles. The molecule has 9 nitrogen and oxygen atoms in total. The highest BCUT2D eigenvalue weighted by Crippen LogP contribution is 2.33. The molecule has 192 valence electrons. The summed E-state index contributed by atoms with van der Waals surface area (Å²) in [4.78, 5) is 29.2.